The first-order chi connectivity index (χ1) is 14.9. The molecule has 2 aromatic carbocycles. The van der Waals surface area contributed by atoms with Crippen LogP contribution in [0, 0.1) is 0 Å². The molecule has 1 amide bonds. The molecule has 0 heterocycles. The lowest BCUT2D eigenvalue weighted by molar-refractivity contribution is -0.121. The summed E-state index contributed by atoms with van der Waals surface area (Å²) in [5.74, 6) is 1.09. The Bertz CT molecular complexity index is 1020. The van der Waals surface area contributed by atoms with Gasteiger partial charge in [-0.3, -0.25) is 4.79 Å². The standard InChI is InChI=1S/C23H30N2O5S/c1-29-21-12-9-17(14-22(21)30-2)16-24-23(26)8-5-13-25-31(27,28)20-11-10-18-6-3-4-7-19(18)15-20/h9-12,14-15,25H,3-8,13,16H2,1-2H3,(H,24,26). The van der Waals surface area contributed by atoms with Crippen molar-refractivity contribution in [2.75, 3.05) is 20.8 Å². The molecule has 0 atom stereocenters. The zero-order chi connectivity index (χ0) is 22.3. The maximum atomic E-state index is 12.6. The number of carbonyl (C=O) groups is 1. The van der Waals surface area contributed by atoms with Gasteiger partial charge in [-0.2, -0.15) is 0 Å². The topological polar surface area (TPSA) is 93.7 Å². The van der Waals surface area contributed by atoms with Crippen molar-refractivity contribution in [2.45, 2.75) is 50.0 Å². The molecule has 3 rings (SSSR count). The van der Waals surface area contributed by atoms with Gasteiger partial charge in [-0.25, -0.2) is 13.1 Å². The predicted octanol–water partition coefficient (Wildman–Crippen LogP) is 2.96. The van der Waals surface area contributed by atoms with Crippen molar-refractivity contribution in [1.29, 1.82) is 0 Å². The minimum atomic E-state index is -3.57. The van der Waals surface area contributed by atoms with E-state index in [1.807, 2.05) is 18.2 Å². The highest BCUT2D eigenvalue weighted by Gasteiger charge is 2.17. The lowest BCUT2D eigenvalue weighted by Crippen LogP contribution is -2.27. The highest BCUT2D eigenvalue weighted by molar-refractivity contribution is 7.89. The molecule has 0 radical (unpaired) electrons. The Balaban J connectivity index is 1.43. The number of methoxy groups -OCH3 is 2. The van der Waals surface area contributed by atoms with Gasteiger partial charge in [0.25, 0.3) is 0 Å². The third-order valence-corrected chi connectivity index (χ3v) is 6.90. The van der Waals surface area contributed by atoms with Crippen LogP contribution >= 0.6 is 0 Å². The molecular formula is C23H30N2O5S. The van der Waals surface area contributed by atoms with Crippen molar-refractivity contribution >= 4 is 15.9 Å². The number of amides is 1. The average molecular weight is 447 g/mol. The van der Waals surface area contributed by atoms with Crippen LogP contribution in [0.15, 0.2) is 41.3 Å². The number of hydrogen-bond donors (Lipinski definition) is 2. The number of fused-ring (bicyclic) bond motifs is 1. The third-order valence-electron chi connectivity index (χ3n) is 5.44. The smallest absolute Gasteiger partial charge is 0.240 e. The number of rotatable bonds is 10. The summed E-state index contributed by atoms with van der Waals surface area (Å²) < 4.78 is 38.2. The molecule has 0 aromatic heterocycles. The van der Waals surface area contributed by atoms with Gasteiger partial charge < -0.3 is 14.8 Å². The summed E-state index contributed by atoms with van der Waals surface area (Å²) in [6.45, 7) is 0.573. The molecule has 0 fully saturated rings. The van der Waals surface area contributed by atoms with Gasteiger partial charge in [0.05, 0.1) is 19.1 Å². The van der Waals surface area contributed by atoms with Gasteiger partial charge >= 0.3 is 0 Å². The molecule has 0 saturated carbocycles. The van der Waals surface area contributed by atoms with Crippen LogP contribution in [0.25, 0.3) is 0 Å². The third kappa shape index (κ3) is 6.21. The minimum absolute atomic E-state index is 0.136. The molecule has 7 nitrogen and oxygen atoms in total. The summed E-state index contributed by atoms with van der Waals surface area (Å²) in [4.78, 5) is 12.4. The van der Waals surface area contributed by atoms with Crippen molar-refractivity contribution in [3.63, 3.8) is 0 Å². The van der Waals surface area contributed by atoms with Crippen molar-refractivity contribution in [1.82, 2.24) is 10.0 Å². The van der Waals surface area contributed by atoms with Gasteiger partial charge in [0, 0.05) is 19.5 Å². The van der Waals surface area contributed by atoms with Crippen LogP contribution in [0.5, 0.6) is 11.5 Å². The van der Waals surface area contributed by atoms with Gasteiger partial charge in [0.15, 0.2) is 11.5 Å². The number of aryl methyl sites for hydroxylation is 2. The number of sulfonamides is 1. The van der Waals surface area contributed by atoms with E-state index in [1.165, 1.54) is 5.56 Å². The summed E-state index contributed by atoms with van der Waals surface area (Å²) in [5, 5.41) is 2.84. The van der Waals surface area contributed by atoms with E-state index in [1.54, 1.807) is 32.4 Å². The highest BCUT2D eigenvalue weighted by atomic mass is 32.2. The van der Waals surface area contributed by atoms with Crippen LogP contribution in [0.2, 0.25) is 0 Å². The first-order valence-electron chi connectivity index (χ1n) is 10.5. The minimum Gasteiger partial charge on any atom is -0.493 e. The summed E-state index contributed by atoms with van der Waals surface area (Å²) in [5.41, 5.74) is 3.26. The number of nitrogens with one attached hydrogen (secondary N) is 2. The van der Waals surface area contributed by atoms with Gasteiger partial charge in [0.1, 0.15) is 0 Å². The van der Waals surface area contributed by atoms with Gasteiger partial charge in [-0.1, -0.05) is 12.1 Å². The van der Waals surface area contributed by atoms with E-state index in [4.69, 9.17) is 9.47 Å². The zero-order valence-corrected chi connectivity index (χ0v) is 18.9. The molecule has 2 aromatic rings. The second-order valence-corrected chi connectivity index (χ2v) is 9.37. The van der Waals surface area contributed by atoms with Crippen LogP contribution in [0.3, 0.4) is 0 Å². The van der Waals surface area contributed by atoms with E-state index < -0.39 is 10.0 Å². The van der Waals surface area contributed by atoms with E-state index >= 15 is 0 Å². The zero-order valence-electron chi connectivity index (χ0n) is 18.1. The molecular weight excluding hydrogens is 416 g/mol. The first kappa shape index (κ1) is 23.1. The van der Waals surface area contributed by atoms with Gasteiger partial charge in [-0.05, 0) is 73.1 Å². The predicted molar refractivity (Wildman–Crippen MR) is 119 cm³/mol. The van der Waals surface area contributed by atoms with Crippen molar-refractivity contribution in [3.05, 3.63) is 53.1 Å². The molecule has 1 aliphatic rings. The maximum absolute atomic E-state index is 12.6. The lowest BCUT2D eigenvalue weighted by atomic mass is 9.92. The van der Waals surface area contributed by atoms with Crippen LogP contribution in [0.1, 0.15) is 42.4 Å². The second-order valence-electron chi connectivity index (χ2n) is 7.61. The molecule has 0 aliphatic heterocycles. The molecule has 2 N–H and O–H groups in total. The van der Waals surface area contributed by atoms with Gasteiger partial charge in [-0.15, -0.1) is 0 Å². The number of hydrogen-bond acceptors (Lipinski definition) is 5. The van der Waals surface area contributed by atoms with Crippen LogP contribution in [-0.2, 0) is 34.2 Å². The fraction of sp³-hybridized carbons (Fsp3) is 0.435. The summed E-state index contributed by atoms with van der Waals surface area (Å²) in [7, 11) is -0.439. The SMILES string of the molecule is COc1ccc(CNC(=O)CCCNS(=O)(=O)c2ccc3c(c2)CCCC3)cc1OC. The molecule has 31 heavy (non-hydrogen) atoms. The Kier molecular flexibility index (Phi) is 7.92. The van der Waals surface area contributed by atoms with Crippen LogP contribution in [-0.4, -0.2) is 35.1 Å². The Morgan fingerprint density at radius 2 is 1.71 bits per heavy atom. The number of carbonyl (C=O) groups excluding carboxylic acids is 1. The van der Waals surface area contributed by atoms with Crippen molar-refractivity contribution in [2.24, 2.45) is 0 Å². The molecule has 0 saturated heterocycles. The van der Waals surface area contributed by atoms with E-state index in [-0.39, 0.29) is 18.9 Å². The normalized spacial score (nSPS) is 13.4. The lowest BCUT2D eigenvalue weighted by Gasteiger charge is -2.16. The summed E-state index contributed by atoms with van der Waals surface area (Å²) >= 11 is 0. The summed E-state index contributed by atoms with van der Waals surface area (Å²) in [6.07, 6.45) is 4.86. The van der Waals surface area contributed by atoms with Crippen LogP contribution in [0.4, 0.5) is 0 Å². The van der Waals surface area contributed by atoms with E-state index in [2.05, 4.69) is 10.0 Å². The Morgan fingerprint density at radius 3 is 2.45 bits per heavy atom. The maximum Gasteiger partial charge on any atom is 0.240 e. The Morgan fingerprint density at radius 1 is 0.968 bits per heavy atom. The molecule has 168 valence electrons. The molecule has 0 spiro atoms. The van der Waals surface area contributed by atoms with E-state index in [0.29, 0.717) is 29.4 Å². The Hall–Kier alpha value is -2.58. The second kappa shape index (κ2) is 10.6. The monoisotopic (exact) mass is 446 g/mol. The van der Waals surface area contributed by atoms with Crippen molar-refractivity contribution in [3.8, 4) is 11.5 Å². The molecule has 0 bridgehead atoms. The number of ether oxygens (including phenoxy) is 2. The fourth-order valence-corrected chi connectivity index (χ4v) is 4.82. The highest BCUT2D eigenvalue weighted by Crippen LogP contribution is 2.27. The van der Waals surface area contributed by atoms with E-state index in [9.17, 15) is 13.2 Å². The fourth-order valence-electron chi connectivity index (χ4n) is 3.70. The average Bonchev–Trinajstić information content (AvgIpc) is 2.79. The quantitative estimate of drug-likeness (QED) is 0.548. The van der Waals surface area contributed by atoms with Crippen molar-refractivity contribution < 1.29 is 22.7 Å². The molecule has 1 aliphatic carbocycles. The first-order valence-corrected chi connectivity index (χ1v) is 12.0. The molecule has 8 heteroatoms. The largest absolute Gasteiger partial charge is 0.493 e. The summed E-state index contributed by atoms with van der Waals surface area (Å²) in [6, 6.07) is 10.8. The van der Waals surface area contributed by atoms with E-state index in [0.717, 1.165) is 36.8 Å². The van der Waals surface area contributed by atoms with Gasteiger partial charge in [0.2, 0.25) is 15.9 Å². The number of benzene rings is 2. The Labute approximate surface area is 184 Å². The van der Waals surface area contributed by atoms with Crippen LogP contribution < -0.4 is 19.5 Å². The molecule has 0 unspecified atom stereocenters.